The Hall–Kier alpha value is -2.24. The summed E-state index contributed by atoms with van der Waals surface area (Å²) in [4.78, 5) is 17.5. The summed E-state index contributed by atoms with van der Waals surface area (Å²) in [6, 6.07) is 13.7. The van der Waals surface area contributed by atoms with E-state index < -0.39 is 0 Å². The number of amides is 1. The average molecular weight is 400 g/mol. The van der Waals surface area contributed by atoms with E-state index in [-0.39, 0.29) is 11.8 Å². The molecule has 5 nitrogen and oxygen atoms in total. The van der Waals surface area contributed by atoms with Gasteiger partial charge in [0.2, 0.25) is 5.91 Å². The fraction of sp³-hybridized carbons (Fsp3) is 0.409. The molecule has 28 heavy (non-hydrogen) atoms. The van der Waals surface area contributed by atoms with Crippen molar-refractivity contribution in [1.29, 1.82) is 0 Å². The van der Waals surface area contributed by atoms with E-state index in [0.717, 1.165) is 49.7 Å². The summed E-state index contributed by atoms with van der Waals surface area (Å²) in [5.41, 5.74) is 3.01. The van der Waals surface area contributed by atoms with E-state index >= 15 is 0 Å². The molecule has 1 amide bonds. The van der Waals surface area contributed by atoms with E-state index in [1.165, 1.54) is 5.69 Å². The number of hydrogen-bond acceptors (Lipinski definition) is 4. The number of fused-ring (bicyclic) bond motifs is 1. The van der Waals surface area contributed by atoms with Crippen molar-refractivity contribution in [1.82, 2.24) is 4.90 Å². The maximum atomic E-state index is 12.7. The van der Waals surface area contributed by atoms with Crippen molar-refractivity contribution in [3.63, 3.8) is 0 Å². The predicted molar refractivity (Wildman–Crippen MR) is 114 cm³/mol. The van der Waals surface area contributed by atoms with Crippen LogP contribution < -0.4 is 15.0 Å². The van der Waals surface area contributed by atoms with Crippen LogP contribution in [0.5, 0.6) is 5.75 Å². The van der Waals surface area contributed by atoms with Gasteiger partial charge in [0, 0.05) is 42.6 Å². The van der Waals surface area contributed by atoms with Crippen LogP contribution in [-0.2, 0) is 11.2 Å². The average Bonchev–Trinajstić information content (AvgIpc) is 2.74. The number of anilines is 2. The Morgan fingerprint density at radius 1 is 1.14 bits per heavy atom. The molecule has 0 radical (unpaired) electrons. The molecule has 0 saturated carbocycles. The Labute approximate surface area is 171 Å². The summed E-state index contributed by atoms with van der Waals surface area (Å²) < 4.78 is 5.74. The van der Waals surface area contributed by atoms with E-state index in [1.54, 1.807) is 0 Å². The maximum Gasteiger partial charge on any atom is 0.231 e. The second kappa shape index (κ2) is 8.41. The minimum absolute atomic E-state index is 0.0186. The van der Waals surface area contributed by atoms with Gasteiger partial charge in [0.15, 0.2) is 0 Å². The molecule has 1 N–H and O–H groups in total. The lowest BCUT2D eigenvalue weighted by molar-refractivity contribution is -0.121. The lowest BCUT2D eigenvalue weighted by Crippen LogP contribution is -2.46. The summed E-state index contributed by atoms with van der Waals surface area (Å²) in [5.74, 6) is 0.587. The smallest absolute Gasteiger partial charge is 0.231 e. The molecule has 0 bridgehead atoms. The van der Waals surface area contributed by atoms with Gasteiger partial charge in [-0.25, -0.2) is 0 Å². The van der Waals surface area contributed by atoms with Crippen LogP contribution in [0.25, 0.3) is 0 Å². The second-order valence-electron chi connectivity index (χ2n) is 7.42. The van der Waals surface area contributed by atoms with Gasteiger partial charge >= 0.3 is 0 Å². The molecule has 2 aromatic rings. The van der Waals surface area contributed by atoms with E-state index in [1.807, 2.05) is 30.3 Å². The molecule has 0 spiro atoms. The van der Waals surface area contributed by atoms with Gasteiger partial charge in [-0.2, -0.15) is 0 Å². The van der Waals surface area contributed by atoms with Gasteiger partial charge in [0.05, 0.1) is 5.92 Å². The normalized spacial score (nSPS) is 19.6. The van der Waals surface area contributed by atoms with Gasteiger partial charge in [-0.15, -0.1) is 0 Å². The van der Waals surface area contributed by atoms with Gasteiger partial charge in [-0.3, -0.25) is 4.79 Å². The zero-order chi connectivity index (χ0) is 19.5. The minimum Gasteiger partial charge on any atom is -0.492 e. The van der Waals surface area contributed by atoms with Crippen LogP contribution in [0.1, 0.15) is 12.5 Å². The molecule has 1 atom stereocenters. The van der Waals surface area contributed by atoms with Gasteiger partial charge in [0.1, 0.15) is 12.4 Å². The van der Waals surface area contributed by atoms with Crippen molar-refractivity contribution < 1.29 is 9.53 Å². The first kappa shape index (κ1) is 19.1. The maximum absolute atomic E-state index is 12.7. The predicted octanol–water partition coefficient (Wildman–Crippen LogP) is 3.67. The summed E-state index contributed by atoms with van der Waals surface area (Å²) in [5, 5.41) is 3.69. The number of rotatable bonds is 4. The van der Waals surface area contributed by atoms with Crippen molar-refractivity contribution in [2.24, 2.45) is 5.92 Å². The fourth-order valence-electron chi connectivity index (χ4n) is 3.85. The molecule has 148 valence electrons. The topological polar surface area (TPSA) is 44.8 Å². The van der Waals surface area contributed by atoms with Crippen LogP contribution >= 0.6 is 11.6 Å². The lowest BCUT2D eigenvalue weighted by atomic mass is 9.96. The molecule has 2 aromatic carbocycles. The van der Waals surface area contributed by atoms with Crippen molar-refractivity contribution in [3.05, 3.63) is 53.1 Å². The molecule has 4 rings (SSSR count). The minimum atomic E-state index is -0.215. The Balaban J connectivity index is 1.35. The molecular formula is C22H26ClN3O2. The highest BCUT2D eigenvalue weighted by Gasteiger charge is 2.26. The van der Waals surface area contributed by atoms with Gasteiger partial charge < -0.3 is 19.9 Å². The van der Waals surface area contributed by atoms with Crippen LogP contribution in [0, 0.1) is 5.92 Å². The van der Waals surface area contributed by atoms with Gasteiger partial charge in [0.25, 0.3) is 0 Å². The molecule has 0 aliphatic carbocycles. The number of carbonyl (C=O) groups excluding carboxylic acids is 1. The third-order valence-electron chi connectivity index (χ3n) is 5.62. The SMILES string of the molecule is CCN1CCN(c2ccc(NC(=O)C3COc4ccc(Cl)cc4C3)cc2)CC1. The van der Waals surface area contributed by atoms with Crippen LogP contribution in [0.15, 0.2) is 42.5 Å². The van der Waals surface area contributed by atoms with Crippen molar-refractivity contribution in [2.45, 2.75) is 13.3 Å². The molecule has 2 heterocycles. The molecule has 6 heteroatoms. The zero-order valence-corrected chi connectivity index (χ0v) is 16.9. The highest BCUT2D eigenvalue weighted by Crippen LogP contribution is 2.30. The number of benzene rings is 2. The Morgan fingerprint density at radius 3 is 2.61 bits per heavy atom. The summed E-state index contributed by atoms with van der Waals surface area (Å²) in [7, 11) is 0. The number of ether oxygens (including phenoxy) is 1. The molecule has 1 unspecified atom stereocenters. The third kappa shape index (κ3) is 4.26. The monoisotopic (exact) mass is 399 g/mol. The third-order valence-corrected chi connectivity index (χ3v) is 5.85. The van der Waals surface area contributed by atoms with Crippen molar-refractivity contribution >= 4 is 28.9 Å². The van der Waals surface area contributed by atoms with Crippen LogP contribution in [0.3, 0.4) is 0 Å². The molecule has 1 saturated heterocycles. The van der Waals surface area contributed by atoms with Crippen LogP contribution in [0.4, 0.5) is 11.4 Å². The van der Waals surface area contributed by atoms with Crippen LogP contribution in [-0.4, -0.2) is 50.1 Å². The molecule has 2 aliphatic rings. The van der Waals surface area contributed by atoms with E-state index in [0.29, 0.717) is 18.1 Å². The lowest BCUT2D eigenvalue weighted by Gasteiger charge is -2.35. The first-order valence-corrected chi connectivity index (χ1v) is 10.3. The number of likely N-dealkylation sites (N-methyl/N-ethyl adjacent to an activating group) is 1. The summed E-state index contributed by atoms with van der Waals surface area (Å²) in [6.45, 7) is 7.99. The number of carbonyl (C=O) groups is 1. The quantitative estimate of drug-likeness (QED) is 0.851. The Bertz CT molecular complexity index is 832. The van der Waals surface area contributed by atoms with E-state index in [2.05, 4.69) is 34.2 Å². The number of halogens is 1. The highest BCUT2D eigenvalue weighted by molar-refractivity contribution is 6.30. The number of piperazine rings is 1. The first-order chi connectivity index (χ1) is 13.6. The van der Waals surface area contributed by atoms with Crippen molar-refractivity contribution in [2.75, 3.05) is 49.5 Å². The van der Waals surface area contributed by atoms with Gasteiger partial charge in [-0.1, -0.05) is 18.5 Å². The van der Waals surface area contributed by atoms with Gasteiger partial charge in [-0.05, 0) is 61.0 Å². The Morgan fingerprint density at radius 2 is 1.89 bits per heavy atom. The first-order valence-electron chi connectivity index (χ1n) is 9.92. The van der Waals surface area contributed by atoms with Crippen LogP contribution in [0.2, 0.25) is 5.02 Å². The fourth-order valence-corrected chi connectivity index (χ4v) is 4.05. The van der Waals surface area contributed by atoms with E-state index in [9.17, 15) is 4.79 Å². The van der Waals surface area contributed by atoms with E-state index in [4.69, 9.17) is 16.3 Å². The zero-order valence-electron chi connectivity index (χ0n) is 16.2. The number of hydrogen-bond donors (Lipinski definition) is 1. The molecule has 1 fully saturated rings. The Kier molecular flexibility index (Phi) is 5.74. The molecule has 0 aromatic heterocycles. The molecule has 2 aliphatic heterocycles. The largest absolute Gasteiger partial charge is 0.492 e. The highest BCUT2D eigenvalue weighted by atomic mass is 35.5. The summed E-state index contributed by atoms with van der Waals surface area (Å²) >= 11 is 6.07. The summed E-state index contributed by atoms with van der Waals surface area (Å²) in [6.07, 6.45) is 0.640. The number of nitrogens with zero attached hydrogens (tertiary/aromatic N) is 2. The molecular weight excluding hydrogens is 374 g/mol. The standard InChI is InChI=1S/C22H26ClN3O2/c1-2-25-9-11-26(12-10-25)20-6-4-19(5-7-20)24-22(27)17-13-16-14-18(23)3-8-21(16)28-15-17/h3-8,14,17H,2,9-13,15H2,1H3,(H,24,27). The van der Waals surface area contributed by atoms with Crippen molar-refractivity contribution in [3.8, 4) is 5.75 Å². The number of nitrogens with one attached hydrogen (secondary N) is 1. The second-order valence-corrected chi connectivity index (χ2v) is 7.86.